The molecule has 2 heterocycles. The van der Waals surface area contributed by atoms with Gasteiger partial charge < -0.3 is 19.5 Å². The van der Waals surface area contributed by atoms with Gasteiger partial charge in [0.05, 0.1) is 12.8 Å². The molecule has 1 N–H and O–H groups in total. The summed E-state index contributed by atoms with van der Waals surface area (Å²) in [6.07, 6.45) is 1.67. The van der Waals surface area contributed by atoms with Crippen molar-refractivity contribution >= 4 is 11.6 Å². The first-order valence-corrected chi connectivity index (χ1v) is 7.75. The molecule has 1 aliphatic heterocycles. The number of benzene rings is 1. The molecule has 0 spiro atoms. The highest BCUT2D eigenvalue weighted by Gasteiger charge is 2.19. The molecule has 1 fully saturated rings. The van der Waals surface area contributed by atoms with Crippen molar-refractivity contribution in [2.24, 2.45) is 4.99 Å². The summed E-state index contributed by atoms with van der Waals surface area (Å²) in [4.78, 5) is 8.83. The molecule has 0 atom stereocenters. The molecule has 3 rings (SSSR count). The fourth-order valence-corrected chi connectivity index (χ4v) is 2.74. The number of piperazine rings is 1. The second-order valence-corrected chi connectivity index (χ2v) is 5.43. The SMILES string of the molecule is CN=C(NCc1ccco1)N1CCN(c2ccc(F)cc2)CC1. The maximum Gasteiger partial charge on any atom is 0.194 e. The van der Waals surface area contributed by atoms with Crippen LogP contribution in [0.4, 0.5) is 10.1 Å². The van der Waals surface area contributed by atoms with Gasteiger partial charge in [-0.3, -0.25) is 4.99 Å². The maximum atomic E-state index is 13.0. The molecule has 23 heavy (non-hydrogen) atoms. The fraction of sp³-hybridized carbons (Fsp3) is 0.353. The number of halogens is 1. The molecule has 1 aromatic heterocycles. The van der Waals surface area contributed by atoms with E-state index in [4.69, 9.17) is 4.42 Å². The van der Waals surface area contributed by atoms with Gasteiger partial charge in [-0.15, -0.1) is 0 Å². The molecule has 0 unspecified atom stereocenters. The van der Waals surface area contributed by atoms with Gasteiger partial charge in [-0.1, -0.05) is 0 Å². The zero-order chi connectivity index (χ0) is 16.1. The zero-order valence-electron chi connectivity index (χ0n) is 13.2. The first-order valence-electron chi connectivity index (χ1n) is 7.75. The summed E-state index contributed by atoms with van der Waals surface area (Å²) in [5.41, 5.74) is 1.06. The van der Waals surface area contributed by atoms with Crippen LogP contribution in [-0.2, 0) is 6.54 Å². The van der Waals surface area contributed by atoms with Gasteiger partial charge in [0.2, 0.25) is 0 Å². The van der Waals surface area contributed by atoms with Gasteiger partial charge in [-0.2, -0.15) is 0 Å². The Balaban J connectivity index is 1.53. The largest absolute Gasteiger partial charge is 0.467 e. The van der Waals surface area contributed by atoms with Crippen molar-refractivity contribution in [3.05, 3.63) is 54.2 Å². The van der Waals surface area contributed by atoms with E-state index in [1.807, 2.05) is 24.3 Å². The van der Waals surface area contributed by atoms with Gasteiger partial charge in [0, 0.05) is 38.9 Å². The Morgan fingerprint density at radius 3 is 2.52 bits per heavy atom. The monoisotopic (exact) mass is 316 g/mol. The molecule has 1 aliphatic rings. The van der Waals surface area contributed by atoms with Gasteiger partial charge in [0.15, 0.2) is 5.96 Å². The van der Waals surface area contributed by atoms with Crippen LogP contribution in [0.25, 0.3) is 0 Å². The van der Waals surface area contributed by atoms with E-state index in [-0.39, 0.29) is 5.82 Å². The van der Waals surface area contributed by atoms with Gasteiger partial charge in [0.25, 0.3) is 0 Å². The topological polar surface area (TPSA) is 44.0 Å². The quantitative estimate of drug-likeness (QED) is 0.697. The van der Waals surface area contributed by atoms with Gasteiger partial charge in [-0.05, 0) is 36.4 Å². The van der Waals surface area contributed by atoms with Crippen LogP contribution in [0.15, 0.2) is 52.1 Å². The number of aliphatic imine (C=N–C) groups is 1. The molecule has 0 radical (unpaired) electrons. The minimum absolute atomic E-state index is 0.199. The Morgan fingerprint density at radius 2 is 1.91 bits per heavy atom. The molecular weight excluding hydrogens is 295 g/mol. The Labute approximate surface area is 135 Å². The fourth-order valence-electron chi connectivity index (χ4n) is 2.74. The third-order valence-corrected chi connectivity index (χ3v) is 3.98. The minimum Gasteiger partial charge on any atom is -0.467 e. The molecule has 1 saturated heterocycles. The molecule has 1 aromatic carbocycles. The normalized spacial score (nSPS) is 15.8. The number of nitrogens with one attached hydrogen (secondary N) is 1. The lowest BCUT2D eigenvalue weighted by molar-refractivity contribution is 0.369. The average Bonchev–Trinajstić information content (AvgIpc) is 3.10. The second-order valence-electron chi connectivity index (χ2n) is 5.43. The molecule has 0 saturated carbocycles. The number of furan rings is 1. The minimum atomic E-state index is -0.199. The number of guanidine groups is 1. The van der Waals surface area contributed by atoms with Crippen LogP contribution in [-0.4, -0.2) is 44.1 Å². The number of hydrogen-bond acceptors (Lipinski definition) is 3. The zero-order valence-corrected chi connectivity index (χ0v) is 13.2. The number of rotatable bonds is 3. The van der Waals surface area contributed by atoms with Crippen LogP contribution < -0.4 is 10.2 Å². The van der Waals surface area contributed by atoms with Gasteiger partial charge in [0.1, 0.15) is 11.6 Å². The summed E-state index contributed by atoms with van der Waals surface area (Å²) in [5, 5.41) is 3.32. The first-order chi connectivity index (χ1) is 11.3. The van der Waals surface area contributed by atoms with Crippen LogP contribution in [0.1, 0.15) is 5.76 Å². The van der Waals surface area contributed by atoms with Crippen LogP contribution in [0.5, 0.6) is 0 Å². The van der Waals surface area contributed by atoms with Crippen molar-refractivity contribution in [1.29, 1.82) is 0 Å². The van der Waals surface area contributed by atoms with Crippen molar-refractivity contribution in [3.8, 4) is 0 Å². The summed E-state index contributed by atoms with van der Waals surface area (Å²) >= 11 is 0. The number of anilines is 1. The summed E-state index contributed by atoms with van der Waals surface area (Å²) in [6, 6.07) is 10.5. The average molecular weight is 316 g/mol. The summed E-state index contributed by atoms with van der Waals surface area (Å²) < 4.78 is 18.3. The van der Waals surface area contributed by atoms with Crippen LogP contribution in [0.2, 0.25) is 0 Å². The summed E-state index contributed by atoms with van der Waals surface area (Å²) in [5.74, 6) is 1.56. The molecule has 2 aromatic rings. The summed E-state index contributed by atoms with van der Waals surface area (Å²) in [6.45, 7) is 4.13. The second kappa shape index (κ2) is 7.17. The van der Waals surface area contributed by atoms with Crippen molar-refractivity contribution < 1.29 is 8.81 Å². The van der Waals surface area contributed by atoms with E-state index in [2.05, 4.69) is 20.1 Å². The standard InChI is InChI=1S/C17H21FN4O/c1-19-17(20-13-16-3-2-12-23-16)22-10-8-21(9-11-22)15-6-4-14(18)5-7-15/h2-7,12H,8-11,13H2,1H3,(H,19,20). The lowest BCUT2D eigenvalue weighted by Gasteiger charge is -2.37. The van der Waals surface area contributed by atoms with E-state index in [1.54, 1.807) is 13.3 Å². The highest BCUT2D eigenvalue weighted by atomic mass is 19.1. The maximum absolute atomic E-state index is 13.0. The van der Waals surface area contributed by atoms with Gasteiger partial charge in [-0.25, -0.2) is 4.39 Å². The molecule has 5 nitrogen and oxygen atoms in total. The Hall–Kier alpha value is -2.50. The Bertz CT molecular complexity index is 631. The van der Waals surface area contributed by atoms with E-state index in [1.165, 1.54) is 12.1 Å². The van der Waals surface area contributed by atoms with Crippen LogP contribution in [0.3, 0.4) is 0 Å². The van der Waals surface area contributed by atoms with E-state index in [0.717, 1.165) is 43.6 Å². The third-order valence-electron chi connectivity index (χ3n) is 3.98. The van der Waals surface area contributed by atoms with Crippen molar-refractivity contribution in [3.63, 3.8) is 0 Å². The first kappa shape index (κ1) is 15.4. The van der Waals surface area contributed by atoms with Crippen LogP contribution in [0, 0.1) is 5.82 Å². The molecule has 0 bridgehead atoms. The van der Waals surface area contributed by atoms with E-state index in [9.17, 15) is 4.39 Å². The van der Waals surface area contributed by atoms with Crippen molar-refractivity contribution in [2.75, 3.05) is 38.1 Å². The van der Waals surface area contributed by atoms with Crippen LogP contribution >= 0.6 is 0 Å². The van der Waals surface area contributed by atoms with Crippen molar-refractivity contribution in [2.45, 2.75) is 6.54 Å². The highest BCUT2D eigenvalue weighted by Crippen LogP contribution is 2.17. The molecular formula is C17H21FN4O. The Kier molecular flexibility index (Phi) is 4.80. The summed E-state index contributed by atoms with van der Waals surface area (Å²) in [7, 11) is 1.79. The predicted molar refractivity (Wildman–Crippen MR) is 89.1 cm³/mol. The predicted octanol–water partition coefficient (Wildman–Crippen LogP) is 2.32. The van der Waals surface area contributed by atoms with Crippen molar-refractivity contribution in [1.82, 2.24) is 10.2 Å². The molecule has 6 heteroatoms. The number of nitrogens with zero attached hydrogens (tertiary/aromatic N) is 3. The smallest absolute Gasteiger partial charge is 0.194 e. The van der Waals surface area contributed by atoms with E-state index >= 15 is 0 Å². The van der Waals surface area contributed by atoms with Gasteiger partial charge >= 0.3 is 0 Å². The number of hydrogen-bond donors (Lipinski definition) is 1. The van der Waals surface area contributed by atoms with E-state index in [0.29, 0.717) is 6.54 Å². The molecule has 0 amide bonds. The Morgan fingerprint density at radius 1 is 1.17 bits per heavy atom. The molecule has 122 valence electrons. The third kappa shape index (κ3) is 3.83. The van der Waals surface area contributed by atoms with E-state index < -0.39 is 0 Å². The lowest BCUT2D eigenvalue weighted by Crippen LogP contribution is -2.52. The lowest BCUT2D eigenvalue weighted by atomic mass is 10.2. The highest BCUT2D eigenvalue weighted by molar-refractivity contribution is 5.80. The molecule has 0 aliphatic carbocycles.